The third-order valence-electron chi connectivity index (χ3n) is 5.82. The summed E-state index contributed by atoms with van der Waals surface area (Å²) in [6, 6.07) is 7.84. The minimum absolute atomic E-state index is 0.332. The Morgan fingerprint density at radius 1 is 0.857 bits per heavy atom. The number of H-pyrrole nitrogens is 2. The third kappa shape index (κ3) is 5.16. The fourth-order valence-electron chi connectivity index (χ4n) is 3.94. The van der Waals surface area contributed by atoms with Crippen molar-refractivity contribution in [3.05, 3.63) is 33.7 Å². The molecule has 0 amide bonds. The molecule has 6 rings (SSSR count). The Morgan fingerprint density at radius 2 is 1.37 bits per heavy atom. The van der Waals surface area contributed by atoms with Crippen molar-refractivity contribution >= 4 is 62.3 Å². The summed E-state index contributed by atoms with van der Waals surface area (Å²) < 4.78 is 16.3. The van der Waals surface area contributed by atoms with Gasteiger partial charge >= 0.3 is 5.97 Å². The molecular weight excluding hydrogens is 567 g/mol. The standard InChI is InChI=1S/C12H14N4O3.C10H11IN4O/c1-18-12(17)10-8-2-3-9(13-11(8)15-14-10)16-4-6-19-7-5-16;11-9-7-1-2-8(12-10(7)14-13-9)15-3-5-16-6-4-15/h2-3H,4-7H2,1H3,(H,13,14,15);1-2H,3-6H2,(H,12,13,14). The molecule has 4 aromatic heterocycles. The van der Waals surface area contributed by atoms with Crippen molar-refractivity contribution < 1.29 is 19.0 Å². The largest absolute Gasteiger partial charge is 0.464 e. The highest BCUT2D eigenvalue weighted by Crippen LogP contribution is 2.21. The van der Waals surface area contributed by atoms with Gasteiger partial charge in [-0.3, -0.25) is 10.2 Å². The van der Waals surface area contributed by atoms with Crippen LogP contribution in [0.3, 0.4) is 0 Å². The molecule has 0 spiro atoms. The van der Waals surface area contributed by atoms with Crippen LogP contribution in [0.15, 0.2) is 24.3 Å². The third-order valence-corrected chi connectivity index (χ3v) is 6.64. The van der Waals surface area contributed by atoms with Gasteiger partial charge < -0.3 is 24.0 Å². The molecule has 2 saturated heterocycles. The van der Waals surface area contributed by atoms with Crippen LogP contribution in [0.1, 0.15) is 10.5 Å². The number of anilines is 2. The second-order valence-corrected chi connectivity index (χ2v) is 8.99. The lowest BCUT2D eigenvalue weighted by Crippen LogP contribution is -2.36. The van der Waals surface area contributed by atoms with Crippen molar-refractivity contribution in [1.29, 1.82) is 0 Å². The van der Waals surface area contributed by atoms with Gasteiger partial charge in [0.25, 0.3) is 0 Å². The molecule has 6 heterocycles. The van der Waals surface area contributed by atoms with Crippen molar-refractivity contribution in [3.8, 4) is 0 Å². The van der Waals surface area contributed by atoms with Gasteiger partial charge in [0, 0.05) is 26.2 Å². The molecule has 0 aliphatic carbocycles. The number of hydrogen-bond acceptors (Lipinski definition) is 10. The Kier molecular flexibility index (Phi) is 7.24. The van der Waals surface area contributed by atoms with Crippen LogP contribution in [-0.4, -0.2) is 96.0 Å². The van der Waals surface area contributed by atoms with Crippen LogP contribution in [0.4, 0.5) is 11.6 Å². The molecule has 4 aromatic rings. The number of aromatic amines is 2. The molecule has 0 saturated carbocycles. The fourth-order valence-corrected chi connectivity index (χ4v) is 4.48. The van der Waals surface area contributed by atoms with Crippen LogP contribution in [0.5, 0.6) is 0 Å². The zero-order valence-electron chi connectivity index (χ0n) is 19.2. The van der Waals surface area contributed by atoms with Gasteiger partial charge in [0.1, 0.15) is 15.3 Å². The molecule has 0 bridgehead atoms. The lowest BCUT2D eigenvalue weighted by Gasteiger charge is -2.27. The predicted octanol–water partition coefficient (Wildman–Crippen LogP) is 1.98. The molecule has 0 radical (unpaired) electrons. The molecule has 2 aliphatic rings. The number of morpholine rings is 2. The van der Waals surface area contributed by atoms with E-state index in [0.29, 0.717) is 29.9 Å². The number of methoxy groups -OCH3 is 1. The summed E-state index contributed by atoms with van der Waals surface area (Å²) >= 11 is 2.23. The van der Waals surface area contributed by atoms with Crippen molar-refractivity contribution in [2.45, 2.75) is 0 Å². The van der Waals surface area contributed by atoms with Gasteiger partial charge in [0.2, 0.25) is 0 Å². The number of pyridine rings is 2. The summed E-state index contributed by atoms with van der Waals surface area (Å²) in [4.78, 5) is 24.9. The number of fused-ring (bicyclic) bond motifs is 2. The molecule has 0 atom stereocenters. The van der Waals surface area contributed by atoms with Gasteiger partial charge in [-0.2, -0.15) is 10.2 Å². The zero-order chi connectivity index (χ0) is 24.2. The minimum atomic E-state index is -0.441. The molecular formula is C22H25IN8O4. The first kappa shape index (κ1) is 23.7. The van der Waals surface area contributed by atoms with E-state index in [-0.39, 0.29) is 0 Å². The van der Waals surface area contributed by atoms with Crippen LogP contribution in [-0.2, 0) is 14.2 Å². The Hall–Kier alpha value is -3.04. The lowest BCUT2D eigenvalue weighted by atomic mass is 10.2. The number of nitrogens with zero attached hydrogens (tertiary/aromatic N) is 6. The van der Waals surface area contributed by atoms with Gasteiger partial charge in [0.15, 0.2) is 17.0 Å². The second kappa shape index (κ2) is 10.7. The number of esters is 1. The summed E-state index contributed by atoms with van der Waals surface area (Å²) in [5, 5.41) is 15.6. The van der Waals surface area contributed by atoms with E-state index >= 15 is 0 Å². The van der Waals surface area contributed by atoms with Gasteiger partial charge in [-0.15, -0.1) is 0 Å². The SMILES string of the molecule is COC(=O)c1[nH]nc2nc(N3CCOCC3)ccc12.Ic1[nH]nc2nc(N3CCOCC3)ccc12. The first-order chi connectivity index (χ1) is 17.1. The Labute approximate surface area is 214 Å². The average molecular weight is 592 g/mol. The van der Waals surface area contributed by atoms with Gasteiger partial charge in [-0.05, 0) is 46.9 Å². The highest BCUT2D eigenvalue weighted by Gasteiger charge is 2.18. The summed E-state index contributed by atoms with van der Waals surface area (Å²) in [5.41, 5.74) is 1.64. The zero-order valence-corrected chi connectivity index (χ0v) is 21.3. The number of carbonyl (C=O) groups is 1. The molecule has 2 fully saturated rings. The predicted molar refractivity (Wildman–Crippen MR) is 138 cm³/mol. The number of hydrogen-bond donors (Lipinski definition) is 2. The van der Waals surface area contributed by atoms with E-state index in [2.05, 4.69) is 73.6 Å². The normalized spacial score (nSPS) is 16.3. The molecule has 0 unspecified atom stereocenters. The van der Waals surface area contributed by atoms with Gasteiger partial charge in [-0.1, -0.05) is 0 Å². The van der Waals surface area contributed by atoms with Crippen LogP contribution in [0.2, 0.25) is 0 Å². The summed E-state index contributed by atoms with van der Waals surface area (Å²) in [7, 11) is 1.34. The van der Waals surface area contributed by atoms with Crippen molar-refractivity contribution in [2.24, 2.45) is 0 Å². The van der Waals surface area contributed by atoms with Crippen molar-refractivity contribution in [3.63, 3.8) is 0 Å². The van der Waals surface area contributed by atoms with Crippen LogP contribution in [0.25, 0.3) is 22.1 Å². The highest BCUT2D eigenvalue weighted by molar-refractivity contribution is 14.1. The van der Waals surface area contributed by atoms with Crippen LogP contribution in [0, 0.1) is 3.70 Å². The van der Waals surface area contributed by atoms with E-state index in [9.17, 15) is 4.79 Å². The van der Waals surface area contributed by atoms with E-state index in [0.717, 1.165) is 65.8 Å². The Morgan fingerprint density at radius 3 is 1.94 bits per heavy atom. The topological polar surface area (TPSA) is 134 Å². The molecule has 184 valence electrons. The first-order valence-corrected chi connectivity index (χ1v) is 12.3. The smallest absolute Gasteiger partial charge is 0.356 e. The summed E-state index contributed by atoms with van der Waals surface area (Å²) in [5.74, 6) is 1.39. The number of nitrogens with one attached hydrogen (secondary N) is 2. The highest BCUT2D eigenvalue weighted by atomic mass is 127. The second-order valence-electron chi connectivity index (χ2n) is 7.91. The van der Waals surface area contributed by atoms with E-state index < -0.39 is 5.97 Å². The Balaban J connectivity index is 0.000000147. The van der Waals surface area contributed by atoms with E-state index in [4.69, 9.17) is 9.47 Å². The maximum Gasteiger partial charge on any atom is 0.356 e. The number of ether oxygens (including phenoxy) is 3. The molecule has 35 heavy (non-hydrogen) atoms. The monoisotopic (exact) mass is 592 g/mol. The summed E-state index contributed by atoms with van der Waals surface area (Å²) in [6.45, 7) is 6.39. The van der Waals surface area contributed by atoms with Crippen LogP contribution >= 0.6 is 22.6 Å². The molecule has 2 aliphatic heterocycles. The number of rotatable bonds is 3. The average Bonchev–Trinajstić information content (AvgIpc) is 3.52. The molecule has 2 N–H and O–H groups in total. The lowest BCUT2D eigenvalue weighted by molar-refractivity contribution is 0.0596. The Bertz CT molecular complexity index is 1310. The van der Waals surface area contributed by atoms with Gasteiger partial charge in [0.05, 0.1) is 44.3 Å². The van der Waals surface area contributed by atoms with Gasteiger partial charge in [-0.25, -0.2) is 14.8 Å². The van der Waals surface area contributed by atoms with E-state index in [1.807, 2.05) is 18.2 Å². The molecule has 12 nitrogen and oxygen atoms in total. The fraction of sp³-hybridized carbons (Fsp3) is 0.409. The number of carbonyl (C=O) groups excluding carboxylic acids is 1. The molecule has 0 aromatic carbocycles. The maximum absolute atomic E-state index is 11.5. The summed E-state index contributed by atoms with van der Waals surface area (Å²) in [6.07, 6.45) is 0. The minimum Gasteiger partial charge on any atom is -0.464 e. The van der Waals surface area contributed by atoms with E-state index in [1.54, 1.807) is 0 Å². The maximum atomic E-state index is 11.5. The number of aromatic nitrogens is 6. The quantitative estimate of drug-likeness (QED) is 0.269. The van der Waals surface area contributed by atoms with Crippen molar-refractivity contribution in [1.82, 2.24) is 30.4 Å². The first-order valence-electron chi connectivity index (χ1n) is 11.2. The molecule has 13 heteroatoms. The van der Waals surface area contributed by atoms with Crippen molar-refractivity contribution in [2.75, 3.05) is 69.5 Å². The van der Waals surface area contributed by atoms with Crippen LogP contribution < -0.4 is 9.80 Å². The van der Waals surface area contributed by atoms with E-state index in [1.165, 1.54) is 7.11 Å². The number of halogens is 1.